The van der Waals surface area contributed by atoms with Gasteiger partial charge in [0.05, 0.1) is 21.1 Å². The van der Waals surface area contributed by atoms with Gasteiger partial charge in [-0.25, -0.2) is 4.98 Å². The number of thiazole rings is 1. The molecule has 1 fully saturated rings. The van der Waals surface area contributed by atoms with E-state index in [9.17, 15) is 9.59 Å². The fourth-order valence-electron chi connectivity index (χ4n) is 3.39. The van der Waals surface area contributed by atoms with E-state index in [-0.39, 0.29) is 23.7 Å². The van der Waals surface area contributed by atoms with Gasteiger partial charge >= 0.3 is 5.97 Å². The molecule has 1 aliphatic rings. The highest BCUT2D eigenvalue weighted by atomic mass is 32.1. The SMILES string of the molecule is CCNC(=O)[C@H](C)OC(=O)[C@@H]1CCCC[C@@H]1c1nc2ccccc2s1. The van der Waals surface area contributed by atoms with Crippen LogP contribution in [-0.2, 0) is 14.3 Å². The molecule has 0 saturated heterocycles. The zero-order chi connectivity index (χ0) is 17.8. The van der Waals surface area contributed by atoms with Crippen LogP contribution in [0.2, 0.25) is 0 Å². The summed E-state index contributed by atoms with van der Waals surface area (Å²) >= 11 is 1.66. The highest BCUT2D eigenvalue weighted by Crippen LogP contribution is 2.41. The number of carbonyl (C=O) groups excluding carboxylic acids is 2. The molecule has 6 heteroatoms. The minimum Gasteiger partial charge on any atom is -0.452 e. The number of esters is 1. The first-order chi connectivity index (χ1) is 12.1. The van der Waals surface area contributed by atoms with Crippen molar-refractivity contribution in [2.24, 2.45) is 5.92 Å². The van der Waals surface area contributed by atoms with Crippen molar-refractivity contribution in [1.82, 2.24) is 10.3 Å². The molecule has 134 valence electrons. The van der Waals surface area contributed by atoms with Crippen molar-refractivity contribution in [2.75, 3.05) is 6.54 Å². The van der Waals surface area contributed by atoms with E-state index in [1.54, 1.807) is 18.3 Å². The molecular formula is C19H24N2O3S. The number of rotatable bonds is 5. The molecule has 2 aromatic rings. The van der Waals surface area contributed by atoms with E-state index in [0.717, 1.165) is 40.9 Å². The summed E-state index contributed by atoms with van der Waals surface area (Å²) < 4.78 is 6.60. The summed E-state index contributed by atoms with van der Waals surface area (Å²) in [5.41, 5.74) is 0.982. The first-order valence-corrected chi connectivity index (χ1v) is 9.75. The van der Waals surface area contributed by atoms with E-state index in [2.05, 4.69) is 11.4 Å². The van der Waals surface area contributed by atoms with E-state index in [0.29, 0.717) is 6.54 Å². The van der Waals surface area contributed by atoms with E-state index in [1.165, 1.54) is 0 Å². The first-order valence-electron chi connectivity index (χ1n) is 8.93. The minimum absolute atomic E-state index is 0.0834. The maximum atomic E-state index is 12.7. The molecule has 1 saturated carbocycles. The lowest BCUT2D eigenvalue weighted by Gasteiger charge is -2.29. The summed E-state index contributed by atoms with van der Waals surface area (Å²) in [5, 5.41) is 3.70. The molecule has 0 aliphatic heterocycles. The molecule has 5 nitrogen and oxygen atoms in total. The Bertz CT molecular complexity index is 725. The van der Waals surface area contributed by atoms with Gasteiger partial charge in [-0.05, 0) is 38.8 Å². The summed E-state index contributed by atoms with van der Waals surface area (Å²) in [6, 6.07) is 8.05. The van der Waals surface area contributed by atoms with E-state index in [4.69, 9.17) is 9.72 Å². The summed E-state index contributed by atoms with van der Waals surface area (Å²) in [6.45, 7) is 3.99. The van der Waals surface area contributed by atoms with Crippen LogP contribution in [0.3, 0.4) is 0 Å². The molecule has 0 bridgehead atoms. The summed E-state index contributed by atoms with van der Waals surface area (Å²) in [4.78, 5) is 29.3. The number of amides is 1. The topological polar surface area (TPSA) is 68.3 Å². The van der Waals surface area contributed by atoms with Crippen molar-refractivity contribution in [2.45, 2.75) is 51.6 Å². The van der Waals surface area contributed by atoms with Gasteiger partial charge in [-0.1, -0.05) is 25.0 Å². The quantitative estimate of drug-likeness (QED) is 0.827. The maximum absolute atomic E-state index is 12.7. The average molecular weight is 360 g/mol. The highest BCUT2D eigenvalue weighted by Gasteiger charge is 2.36. The number of likely N-dealkylation sites (N-methyl/N-ethyl adjacent to an activating group) is 1. The van der Waals surface area contributed by atoms with Crippen molar-refractivity contribution in [3.63, 3.8) is 0 Å². The molecule has 1 N–H and O–H groups in total. The molecule has 0 unspecified atom stereocenters. The number of hydrogen-bond donors (Lipinski definition) is 1. The van der Waals surface area contributed by atoms with E-state index < -0.39 is 6.10 Å². The molecule has 1 aromatic carbocycles. The third-order valence-corrected chi connectivity index (χ3v) is 5.88. The van der Waals surface area contributed by atoms with Crippen molar-refractivity contribution in [3.8, 4) is 0 Å². The van der Waals surface area contributed by atoms with Gasteiger partial charge < -0.3 is 10.1 Å². The number of para-hydroxylation sites is 1. The van der Waals surface area contributed by atoms with Gasteiger partial charge in [0.25, 0.3) is 5.91 Å². The number of nitrogens with one attached hydrogen (secondary N) is 1. The lowest BCUT2D eigenvalue weighted by Crippen LogP contribution is -2.38. The number of fused-ring (bicyclic) bond motifs is 1. The van der Waals surface area contributed by atoms with Gasteiger partial charge in [0.15, 0.2) is 6.10 Å². The molecule has 1 heterocycles. The van der Waals surface area contributed by atoms with Gasteiger partial charge in [0.2, 0.25) is 0 Å². The Hall–Kier alpha value is -1.95. The maximum Gasteiger partial charge on any atom is 0.310 e. The number of nitrogens with zero attached hydrogens (tertiary/aromatic N) is 1. The smallest absolute Gasteiger partial charge is 0.310 e. The van der Waals surface area contributed by atoms with Gasteiger partial charge in [0, 0.05) is 12.5 Å². The molecule has 3 rings (SSSR count). The molecule has 1 amide bonds. The van der Waals surface area contributed by atoms with Crippen LogP contribution >= 0.6 is 11.3 Å². The highest BCUT2D eigenvalue weighted by molar-refractivity contribution is 7.18. The summed E-state index contributed by atoms with van der Waals surface area (Å²) in [7, 11) is 0. The Morgan fingerprint density at radius 1 is 1.32 bits per heavy atom. The number of ether oxygens (including phenoxy) is 1. The first kappa shape index (κ1) is 17.9. The second-order valence-corrected chi connectivity index (χ2v) is 7.55. The predicted molar refractivity (Wildman–Crippen MR) is 98.6 cm³/mol. The lowest BCUT2D eigenvalue weighted by molar-refractivity contribution is -0.160. The van der Waals surface area contributed by atoms with Crippen LogP contribution < -0.4 is 5.32 Å². The second-order valence-electron chi connectivity index (χ2n) is 6.49. The number of aromatic nitrogens is 1. The van der Waals surface area contributed by atoms with Gasteiger partial charge in [-0.15, -0.1) is 11.3 Å². The fraction of sp³-hybridized carbons (Fsp3) is 0.526. The van der Waals surface area contributed by atoms with E-state index >= 15 is 0 Å². The Morgan fingerprint density at radius 2 is 2.08 bits per heavy atom. The largest absolute Gasteiger partial charge is 0.452 e. The summed E-state index contributed by atoms with van der Waals surface area (Å²) in [6.07, 6.45) is 3.08. The number of hydrogen-bond acceptors (Lipinski definition) is 5. The molecule has 3 atom stereocenters. The van der Waals surface area contributed by atoms with Crippen molar-refractivity contribution in [1.29, 1.82) is 0 Å². The molecule has 0 radical (unpaired) electrons. The molecule has 0 spiro atoms. The second kappa shape index (κ2) is 7.95. The average Bonchev–Trinajstić information content (AvgIpc) is 3.05. The van der Waals surface area contributed by atoms with Crippen LogP contribution in [0.25, 0.3) is 10.2 Å². The Balaban J connectivity index is 1.76. The Kier molecular flexibility index (Phi) is 5.68. The zero-order valence-corrected chi connectivity index (χ0v) is 15.5. The van der Waals surface area contributed by atoms with Gasteiger partial charge in [-0.2, -0.15) is 0 Å². The lowest BCUT2D eigenvalue weighted by atomic mass is 9.79. The molecular weight excluding hydrogens is 336 g/mol. The molecule has 1 aromatic heterocycles. The monoisotopic (exact) mass is 360 g/mol. The normalized spacial score (nSPS) is 21.7. The van der Waals surface area contributed by atoms with Crippen molar-refractivity contribution >= 4 is 33.4 Å². The van der Waals surface area contributed by atoms with Crippen molar-refractivity contribution < 1.29 is 14.3 Å². The van der Waals surface area contributed by atoms with Gasteiger partial charge in [-0.3, -0.25) is 9.59 Å². The van der Waals surface area contributed by atoms with E-state index in [1.807, 2.05) is 25.1 Å². The van der Waals surface area contributed by atoms with Crippen LogP contribution in [0.1, 0.15) is 50.5 Å². The van der Waals surface area contributed by atoms with Crippen LogP contribution in [0.5, 0.6) is 0 Å². The van der Waals surface area contributed by atoms with Crippen LogP contribution in [0.15, 0.2) is 24.3 Å². The fourth-order valence-corrected chi connectivity index (χ4v) is 4.56. The van der Waals surface area contributed by atoms with Crippen LogP contribution in [-0.4, -0.2) is 29.5 Å². The van der Waals surface area contributed by atoms with Crippen LogP contribution in [0, 0.1) is 5.92 Å². The minimum atomic E-state index is -0.759. The zero-order valence-electron chi connectivity index (χ0n) is 14.7. The van der Waals surface area contributed by atoms with Crippen molar-refractivity contribution in [3.05, 3.63) is 29.3 Å². The van der Waals surface area contributed by atoms with Crippen LogP contribution in [0.4, 0.5) is 0 Å². The molecule has 25 heavy (non-hydrogen) atoms. The predicted octanol–water partition coefficient (Wildman–Crippen LogP) is 3.64. The third-order valence-electron chi connectivity index (χ3n) is 4.71. The third kappa shape index (κ3) is 4.00. The Labute approximate surface area is 151 Å². The van der Waals surface area contributed by atoms with Gasteiger partial charge in [0.1, 0.15) is 0 Å². The standard InChI is InChI=1S/C19H24N2O3S/c1-3-20-17(22)12(2)24-19(23)14-9-5-4-8-13(14)18-21-15-10-6-7-11-16(15)25-18/h6-7,10-14H,3-5,8-9H2,1-2H3,(H,20,22)/t12-,13-,14+/m0/s1. The molecule has 1 aliphatic carbocycles. The summed E-state index contributed by atoms with van der Waals surface area (Å²) in [5.74, 6) is -0.655. The Morgan fingerprint density at radius 3 is 2.84 bits per heavy atom. The number of benzene rings is 1. The number of carbonyl (C=O) groups is 2.